The third-order valence-corrected chi connectivity index (χ3v) is 5.31. The van der Waals surface area contributed by atoms with Gasteiger partial charge in [0.2, 0.25) is 5.91 Å². The molecule has 0 radical (unpaired) electrons. The number of halogens is 2. The lowest BCUT2D eigenvalue weighted by Gasteiger charge is -2.31. The Hall–Kier alpha value is -1.86. The number of hydrogen-bond donors (Lipinski definition) is 1. The van der Waals surface area contributed by atoms with Gasteiger partial charge in [-0.05, 0) is 45.6 Å². The fourth-order valence-electron chi connectivity index (χ4n) is 3.70. The van der Waals surface area contributed by atoms with Crippen molar-refractivity contribution >= 4 is 23.6 Å². The van der Waals surface area contributed by atoms with E-state index < -0.39 is 29.6 Å². The van der Waals surface area contributed by atoms with Crippen molar-refractivity contribution in [2.45, 2.75) is 57.3 Å². The molecular weight excluding hydrogens is 387 g/mol. The summed E-state index contributed by atoms with van der Waals surface area (Å²) in [5, 5.41) is 2.80. The molecule has 4 atom stereocenters. The van der Waals surface area contributed by atoms with E-state index in [1.165, 1.54) is 18.1 Å². The molecule has 2 aliphatic rings. The largest absolute Gasteiger partial charge is 0.444 e. The second-order valence-corrected chi connectivity index (χ2v) is 8.77. The number of nitrogens with one attached hydrogen (secondary N) is 1. The second kappa shape index (κ2) is 7.87. The maximum absolute atomic E-state index is 14.4. The molecule has 1 aliphatic heterocycles. The van der Waals surface area contributed by atoms with E-state index in [-0.39, 0.29) is 29.1 Å². The van der Waals surface area contributed by atoms with Crippen LogP contribution in [-0.2, 0) is 14.3 Å². The summed E-state index contributed by atoms with van der Waals surface area (Å²) in [4.78, 5) is 27.1. The molecule has 0 bridgehead atoms. The van der Waals surface area contributed by atoms with E-state index >= 15 is 0 Å². The van der Waals surface area contributed by atoms with Crippen LogP contribution in [0.5, 0.6) is 0 Å². The Bertz CT molecular complexity index is 767. The van der Waals surface area contributed by atoms with Crippen LogP contribution in [0.25, 0.3) is 0 Å². The molecule has 0 unspecified atom stereocenters. The summed E-state index contributed by atoms with van der Waals surface area (Å²) in [6.07, 6.45) is 0.968. The van der Waals surface area contributed by atoms with E-state index in [1.807, 2.05) is 0 Å². The molecule has 0 spiro atoms. The average Bonchev–Trinajstić information content (AvgIpc) is 3.24. The first-order valence-electron chi connectivity index (χ1n) is 9.37. The predicted octanol–water partition coefficient (Wildman–Crippen LogP) is 3.68. The van der Waals surface area contributed by atoms with Gasteiger partial charge in [0.15, 0.2) is 0 Å². The van der Waals surface area contributed by atoms with Crippen LogP contribution in [0.3, 0.4) is 0 Å². The molecule has 8 heteroatoms. The zero-order valence-electron chi connectivity index (χ0n) is 16.5. The number of amides is 2. The van der Waals surface area contributed by atoms with Crippen molar-refractivity contribution < 1.29 is 23.5 Å². The number of piperidine rings is 1. The van der Waals surface area contributed by atoms with Crippen LogP contribution in [-0.4, -0.2) is 48.3 Å². The van der Waals surface area contributed by atoms with Crippen molar-refractivity contribution in [2.75, 3.05) is 13.7 Å². The van der Waals surface area contributed by atoms with E-state index in [0.29, 0.717) is 12.3 Å². The predicted molar refractivity (Wildman–Crippen MR) is 103 cm³/mol. The first-order valence-corrected chi connectivity index (χ1v) is 9.74. The third-order valence-electron chi connectivity index (χ3n) is 5.02. The van der Waals surface area contributed by atoms with Gasteiger partial charge in [-0.2, -0.15) is 0 Å². The fraction of sp³-hybridized carbons (Fsp3) is 0.600. The van der Waals surface area contributed by atoms with E-state index in [4.69, 9.17) is 21.1 Å². The van der Waals surface area contributed by atoms with Gasteiger partial charge in [0, 0.05) is 18.7 Å². The molecule has 1 aromatic carbocycles. The lowest BCUT2D eigenvalue weighted by molar-refractivity contribution is -0.127. The Morgan fingerprint density at radius 2 is 2.07 bits per heavy atom. The Kier molecular flexibility index (Phi) is 5.87. The fourth-order valence-corrected chi connectivity index (χ4v) is 3.88. The molecule has 2 amide bonds. The highest BCUT2D eigenvalue weighted by Crippen LogP contribution is 2.48. The lowest BCUT2D eigenvalue weighted by Crippen LogP contribution is -2.50. The number of likely N-dealkylation sites (tertiary alicyclic amines) is 1. The Morgan fingerprint density at radius 1 is 1.36 bits per heavy atom. The van der Waals surface area contributed by atoms with Crippen LogP contribution >= 0.6 is 11.6 Å². The van der Waals surface area contributed by atoms with Crippen LogP contribution in [0.15, 0.2) is 18.2 Å². The highest BCUT2D eigenvalue weighted by molar-refractivity contribution is 6.30. The summed E-state index contributed by atoms with van der Waals surface area (Å²) in [7, 11) is 1.47. The summed E-state index contributed by atoms with van der Waals surface area (Å²) in [5.41, 5.74) is -0.400. The number of fused-ring (bicyclic) bond motifs is 1. The summed E-state index contributed by atoms with van der Waals surface area (Å²) in [5.74, 6) is -0.628. The number of rotatable bonds is 5. The molecule has 1 saturated heterocycles. The summed E-state index contributed by atoms with van der Waals surface area (Å²) in [6, 6.07) is 3.31. The topological polar surface area (TPSA) is 67.9 Å². The van der Waals surface area contributed by atoms with Crippen LogP contribution in [0.4, 0.5) is 9.18 Å². The maximum Gasteiger partial charge on any atom is 0.411 e. The first-order chi connectivity index (χ1) is 13.1. The standard InChI is InChI=1S/C20H26ClFN2O4/c1-20(2,3)28-19(26)24-15-8-11(15)9-16(24)18(25)23-14(10-27-4)12-6-5-7-13(21)17(12)22/h5-7,11,14-16H,8-10H2,1-4H3,(H,23,25)/t11-,14-,15-,16+/m1/s1. The monoisotopic (exact) mass is 412 g/mol. The van der Waals surface area contributed by atoms with Gasteiger partial charge in [0.05, 0.1) is 17.7 Å². The van der Waals surface area contributed by atoms with Gasteiger partial charge in [-0.15, -0.1) is 0 Å². The van der Waals surface area contributed by atoms with Crippen molar-refractivity contribution in [1.29, 1.82) is 0 Å². The number of ether oxygens (including phenoxy) is 2. The minimum Gasteiger partial charge on any atom is -0.444 e. The molecule has 28 heavy (non-hydrogen) atoms. The number of carbonyl (C=O) groups is 2. The van der Waals surface area contributed by atoms with Crippen molar-refractivity contribution in [1.82, 2.24) is 10.2 Å². The molecule has 1 heterocycles. The van der Waals surface area contributed by atoms with Crippen LogP contribution in [0, 0.1) is 11.7 Å². The van der Waals surface area contributed by atoms with Crippen LogP contribution in [0.1, 0.15) is 45.2 Å². The van der Waals surface area contributed by atoms with Crippen molar-refractivity contribution in [3.8, 4) is 0 Å². The van der Waals surface area contributed by atoms with E-state index in [9.17, 15) is 14.0 Å². The minimum absolute atomic E-state index is 0.0228. The molecule has 0 aromatic heterocycles. The smallest absolute Gasteiger partial charge is 0.411 e. The molecule has 154 valence electrons. The molecule has 3 rings (SSSR count). The quantitative estimate of drug-likeness (QED) is 0.801. The molecule has 1 N–H and O–H groups in total. The number of benzene rings is 1. The van der Waals surface area contributed by atoms with Gasteiger partial charge < -0.3 is 14.8 Å². The minimum atomic E-state index is -0.714. The molecule has 1 aliphatic carbocycles. The maximum atomic E-state index is 14.4. The number of carbonyl (C=O) groups excluding carboxylic acids is 2. The van der Waals surface area contributed by atoms with Crippen LogP contribution < -0.4 is 5.32 Å². The van der Waals surface area contributed by atoms with Gasteiger partial charge in [0.1, 0.15) is 17.5 Å². The van der Waals surface area contributed by atoms with Gasteiger partial charge in [0.25, 0.3) is 0 Å². The number of nitrogens with zero attached hydrogens (tertiary/aromatic N) is 1. The first kappa shape index (κ1) is 20.9. The normalized spacial score (nSPS) is 24.5. The average molecular weight is 413 g/mol. The Labute approximate surface area is 169 Å². The molecule has 6 nitrogen and oxygen atoms in total. The SMILES string of the molecule is COC[C@@H](NC(=O)[C@@H]1C[C@H]2C[C@H]2N1C(=O)OC(C)(C)C)c1cccc(Cl)c1F. The number of hydrogen-bond acceptors (Lipinski definition) is 4. The molecule has 1 saturated carbocycles. The van der Waals surface area contributed by atoms with Gasteiger partial charge in [-0.25, -0.2) is 9.18 Å². The Morgan fingerprint density at radius 3 is 2.71 bits per heavy atom. The summed E-state index contributed by atoms with van der Waals surface area (Å²) >= 11 is 5.87. The van der Waals surface area contributed by atoms with Gasteiger partial charge in [-0.1, -0.05) is 23.7 Å². The molecule has 2 fully saturated rings. The molecule has 1 aromatic rings. The van der Waals surface area contributed by atoms with Crippen molar-refractivity contribution in [3.63, 3.8) is 0 Å². The van der Waals surface area contributed by atoms with Gasteiger partial charge in [-0.3, -0.25) is 9.69 Å². The zero-order chi connectivity index (χ0) is 20.6. The summed E-state index contributed by atoms with van der Waals surface area (Å²) in [6.45, 7) is 5.44. The van der Waals surface area contributed by atoms with E-state index in [0.717, 1.165) is 6.42 Å². The van der Waals surface area contributed by atoms with E-state index in [1.54, 1.807) is 32.9 Å². The highest BCUT2D eigenvalue weighted by Gasteiger charge is 2.57. The highest BCUT2D eigenvalue weighted by atomic mass is 35.5. The lowest BCUT2D eigenvalue weighted by atomic mass is 10.1. The second-order valence-electron chi connectivity index (χ2n) is 8.36. The number of methoxy groups -OCH3 is 1. The van der Waals surface area contributed by atoms with Crippen LogP contribution in [0.2, 0.25) is 5.02 Å². The Balaban J connectivity index is 1.76. The zero-order valence-corrected chi connectivity index (χ0v) is 17.3. The van der Waals surface area contributed by atoms with Gasteiger partial charge >= 0.3 is 6.09 Å². The van der Waals surface area contributed by atoms with E-state index in [2.05, 4.69) is 5.32 Å². The van der Waals surface area contributed by atoms with Crippen molar-refractivity contribution in [2.24, 2.45) is 5.92 Å². The molecular formula is C20H26ClFN2O4. The summed E-state index contributed by atoms with van der Waals surface area (Å²) < 4.78 is 25.1. The third kappa shape index (κ3) is 4.41. The van der Waals surface area contributed by atoms with Crippen molar-refractivity contribution in [3.05, 3.63) is 34.6 Å².